The summed E-state index contributed by atoms with van der Waals surface area (Å²) in [6.45, 7) is 6.08. The highest BCUT2D eigenvalue weighted by atomic mass is 32.2. The van der Waals surface area contributed by atoms with E-state index in [-0.39, 0.29) is 0 Å². The van der Waals surface area contributed by atoms with E-state index in [2.05, 4.69) is 42.7 Å². The molecule has 1 aliphatic heterocycles. The average Bonchev–Trinajstić information content (AvgIpc) is 2.27. The molecule has 3 heteroatoms. The summed E-state index contributed by atoms with van der Waals surface area (Å²) < 4.78 is 0. The Labute approximate surface area is 109 Å². The highest BCUT2D eigenvalue weighted by molar-refractivity contribution is 8.06. The molecule has 2 unspecified atom stereocenters. The van der Waals surface area contributed by atoms with Crippen molar-refractivity contribution >= 4 is 23.5 Å². The van der Waals surface area contributed by atoms with E-state index in [9.17, 15) is 0 Å². The Balaban J connectivity index is 1.68. The van der Waals surface area contributed by atoms with Crippen LogP contribution in [0.25, 0.3) is 0 Å². The maximum Gasteiger partial charge on any atom is 0.0263 e. The predicted molar refractivity (Wildman–Crippen MR) is 77.6 cm³/mol. The monoisotopic (exact) mass is 259 g/mol. The Morgan fingerprint density at radius 1 is 1.31 bits per heavy atom. The van der Waals surface area contributed by atoms with Gasteiger partial charge < -0.3 is 5.32 Å². The van der Waals surface area contributed by atoms with Crippen molar-refractivity contribution in [2.24, 2.45) is 5.41 Å². The lowest BCUT2D eigenvalue weighted by molar-refractivity contribution is 0.199. The van der Waals surface area contributed by atoms with Gasteiger partial charge in [-0.2, -0.15) is 23.5 Å². The third-order valence-electron chi connectivity index (χ3n) is 3.72. The molecule has 1 heterocycles. The molecule has 0 radical (unpaired) electrons. The van der Waals surface area contributed by atoms with Crippen molar-refractivity contribution in [1.29, 1.82) is 0 Å². The van der Waals surface area contributed by atoms with Gasteiger partial charge in [0, 0.05) is 35.1 Å². The van der Waals surface area contributed by atoms with Crippen LogP contribution in [0.5, 0.6) is 0 Å². The summed E-state index contributed by atoms with van der Waals surface area (Å²) in [6, 6.07) is 0.788. The lowest BCUT2D eigenvalue weighted by atomic mass is 9.75. The fraction of sp³-hybridized carbons (Fsp3) is 1.00. The molecule has 1 saturated carbocycles. The van der Waals surface area contributed by atoms with Gasteiger partial charge in [-0.15, -0.1) is 0 Å². The molecule has 0 amide bonds. The van der Waals surface area contributed by atoms with E-state index in [1.54, 1.807) is 0 Å². The first-order chi connectivity index (χ1) is 7.66. The van der Waals surface area contributed by atoms with Crippen molar-refractivity contribution < 1.29 is 0 Å². The molecule has 1 saturated heterocycles. The van der Waals surface area contributed by atoms with E-state index in [0.717, 1.165) is 11.3 Å². The van der Waals surface area contributed by atoms with Gasteiger partial charge >= 0.3 is 0 Å². The van der Waals surface area contributed by atoms with Crippen LogP contribution in [0, 0.1) is 5.41 Å². The van der Waals surface area contributed by atoms with Crippen LogP contribution in [0.1, 0.15) is 39.5 Å². The smallest absolute Gasteiger partial charge is 0.0263 e. The van der Waals surface area contributed by atoms with Crippen LogP contribution >= 0.6 is 23.5 Å². The van der Waals surface area contributed by atoms with Gasteiger partial charge in [-0.1, -0.05) is 20.3 Å². The molecular formula is C13H25NS2. The van der Waals surface area contributed by atoms with Crippen LogP contribution < -0.4 is 5.32 Å². The molecule has 1 aliphatic carbocycles. The molecule has 0 bridgehead atoms. The number of nitrogens with one attached hydrogen (secondary N) is 1. The molecule has 2 atom stereocenters. The van der Waals surface area contributed by atoms with Gasteiger partial charge in [-0.25, -0.2) is 0 Å². The first-order valence-electron chi connectivity index (χ1n) is 6.58. The summed E-state index contributed by atoms with van der Waals surface area (Å²) in [6.07, 6.45) is 5.60. The second-order valence-electron chi connectivity index (χ2n) is 5.93. The Kier molecular flexibility index (Phi) is 4.92. The van der Waals surface area contributed by atoms with Crippen LogP contribution in [0.4, 0.5) is 0 Å². The summed E-state index contributed by atoms with van der Waals surface area (Å²) in [4.78, 5) is 0. The van der Waals surface area contributed by atoms with E-state index in [4.69, 9.17) is 0 Å². The van der Waals surface area contributed by atoms with Crippen LogP contribution in [-0.2, 0) is 0 Å². The fourth-order valence-electron chi connectivity index (χ4n) is 2.82. The SMILES string of the molecule is CC1(C)CCCC(NCC2CSCCS2)C1. The summed E-state index contributed by atoms with van der Waals surface area (Å²) in [7, 11) is 0. The molecule has 94 valence electrons. The third-order valence-corrected chi connectivity index (χ3v) is 6.57. The standard InChI is InChI=1S/C13H25NS2/c1-13(2)5-3-4-11(8-13)14-9-12-10-15-6-7-16-12/h11-12,14H,3-10H2,1-2H3. The molecule has 2 rings (SSSR count). The van der Waals surface area contributed by atoms with Gasteiger partial charge in [0.25, 0.3) is 0 Å². The van der Waals surface area contributed by atoms with Crippen LogP contribution in [0.15, 0.2) is 0 Å². The van der Waals surface area contributed by atoms with Gasteiger partial charge in [0.15, 0.2) is 0 Å². The number of thioether (sulfide) groups is 2. The van der Waals surface area contributed by atoms with Crippen molar-refractivity contribution in [2.75, 3.05) is 23.8 Å². The maximum absolute atomic E-state index is 3.81. The van der Waals surface area contributed by atoms with E-state index in [1.807, 2.05) is 0 Å². The summed E-state index contributed by atoms with van der Waals surface area (Å²) in [5.41, 5.74) is 0.574. The second-order valence-corrected chi connectivity index (χ2v) is 8.49. The first-order valence-corrected chi connectivity index (χ1v) is 8.79. The van der Waals surface area contributed by atoms with E-state index in [0.29, 0.717) is 5.41 Å². The fourth-order valence-corrected chi connectivity index (χ4v) is 5.45. The predicted octanol–water partition coefficient (Wildman–Crippen LogP) is 3.39. The zero-order valence-corrected chi connectivity index (χ0v) is 12.3. The van der Waals surface area contributed by atoms with Crippen LogP contribution in [0.2, 0.25) is 0 Å². The Hall–Kier alpha value is 0.660. The number of hydrogen-bond donors (Lipinski definition) is 1. The molecule has 2 fully saturated rings. The minimum Gasteiger partial charge on any atom is -0.313 e. The largest absolute Gasteiger partial charge is 0.313 e. The van der Waals surface area contributed by atoms with E-state index in [1.165, 1.54) is 49.5 Å². The average molecular weight is 259 g/mol. The lowest BCUT2D eigenvalue weighted by Gasteiger charge is -2.36. The minimum atomic E-state index is 0.574. The molecule has 2 aliphatic rings. The molecule has 1 nitrogen and oxygen atoms in total. The maximum atomic E-state index is 3.81. The first kappa shape index (κ1) is 13.1. The number of rotatable bonds is 3. The molecule has 1 N–H and O–H groups in total. The van der Waals surface area contributed by atoms with Gasteiger partial charge in [-0.05, 0) is 24.7 Å². The Bertz CT molecular complexity index is 212. The van der Waals surface area contributed by atoms with Gasteiger partial charge in [0.2, 0.25) is 0 Å². The third kappa shape index (κ3) is 4.15. The number of hydrogen-bond acceptors (Lipinski definition) is 3. The second kappa shape index (κ2) is 6.01. The molecule has 16 heavy (non-hydrogen) atoms. The van der Waals surface area contributed by atoms with Crippen LogP contribution in [0.3, 0.4) is 0 Å². The molecule has 0 aromatic heterocycles. The summed E-state index contributed by atoms with van der Waals surface area (Å²) in [5, 5.41) is 4.68. The van der Waals surface area contributed by atoms with Crippen molar-refractivity contribution in [2.45, 2.75) is 50.8 Å². The normalized spacial score (nSPS) is 34.9. The highest BCUT2D eigenvalue weighted by Crippen LogP contribution is 2.35. The van der Waals surface area contributed by atoms with Crippen LogP contribution in [-0.4, -0.2) is 35.1 Å². The highest BCUT2D eigenvalue weighted by Gasteiger charge is 2.28. The Morgan fingerprint density at radius 3 is 2.88 bits per heavy atom. The lowest BCUT2D eigenvalue weighted by Crippen LogP contribution is -2.41. The van der Waals surface area contributed by atoms with Crippen molar-refractivity contribution in [1.82, 2.24) is 5.32 Å². The van der Waals surface area contributed by atoms with E-state index < -0.39 is 0 Å². The summed E-state index contributed by atoms with van der Waals surface area (Å²) >= 11 is 4.30. The zero-order chi connectivity index (χ0) is 11.4. The quantitative estimate of drug-likeness (QED) is 0.834. The summed E-state index contributed by atoms with van der Waals surface area (Å²) in [5.74, 6) is 4.07. The molecule has 0 spiro atoms. The Morgan fingerprint density at radius 2 is 2.19 bits per heavy atom. The zero-order valence-electron chi connectivity index (χ0n) is 10.6. The van der Waals surface area contributed by atoms with Gasteiger partial charge in [0.05, 0.1) is 0 Å². The van der Waals surface area contributed by atoms with E-state index >= 15 is 0 Å². The van der Waals surface area contributed by atoms with Crippen molar-refractivity contribution in [3.63, 3.8) is 0 Å². The molecule has 0 aromatic rings. The minimum absolute atomic E-state index is 0.574. The topological polar surface area (TPSA) is 12.0 Å². The molecule has 0 aromatic carbocycles. The van der Waals surface area contributed by atoms with Crippen molar-refractivity contribution in [3.05, 3.63) is 0 Å². The van der Waals surface area contributed by atoms with Gasteiger partial charge in [-0.3, -0.25) is 0 Å². The van der Waals surface area contributed by atoms with Crippen molar-refractivity contribution in [3.8, 4) is 0 Å². The molecular weight excluding hydrogens is 234 g/mol. The van der Waals surface area contributed by atoms with Gasteiger partial charge in [0.1, 0.15) is 0 Å².